The molecule has 1 aliphatic heterocycles. The van der Waals surface area contributed by atoms with Gasteiger partial charge in [-0.25, -0.2) is 4.79 Å². The molecule has 0 saturated carbocycles. The standard InChI is InChI=1S/C19H26N4O2S/c1-23-13-15(12-20-23)18-17(8-5-10-25-18)22-19(24)21-16-7-4-3-6-14(16)9-11-26-2/h3-4,6-7,12-13,17-18H,5,8-11H2,1-2H3,(H2,21,22,24)/t17-,18+/m0/s1. The number of hydrogen-bond donors (Lipinski definition) is 2. The molecule has 0 radical (unpaired) electrons. The van der Waals surface area contributed by atoms with E-state index in [4.69, 9.17) is 4.74 Å². The molecule has 26 heavy (non-hydrogen) atoms. The molecule has 1 fully saturated rings. The van der Waals surface area contributed by atoms with Gasteiger partial charge >= 0.3 is 6.03 Å². The number of amides is 2. The van der Waals surface area contributed by atoms with Crippen LogP contribution in [-0.2, 0) is 18.2 Å². The second-order valence-electron chi connectivity index (χ2n) is 6.49. The fraction of sp³-hybridized carbons (Fsp3) is 0.474. The Hall–Kier alpha value is -1.99. The summed E-state index contributed by atoms with van der Waals surface area (Å²) in [5.74, 6) is 1.03. The molecule has 2 amide bonds. The maximum atomic E-state index is 12.6. The number of anilines is 1. The molecule has 0 bridgehead atoms. The highest BCUT2D eigenvalue weighted by molar-refractivity contribution is 7.98. The van der Waals surface area contributed by atoms with E-state index in [1.165, 1.54) is 0 Å². The number of urea groups is 1. The number of carbonyl (C=O) groups is 1. The first-order chi connectivity index (χ1) is 12.7. The average Bonchev–Trinajstić information content (AvgIpc) is 3.07. The van der Waals surface area contributed by atoms with Gasteiger partial charge in [-0.05, 0) is 42.9 Å². The predicted molar refractivity (Wildman–Crippen MR) is 106 cm³/mol. The Labute approximate surface area is 158 Å². The number of para-hydroxylation sites is 1. The van der Waals surface area contributed by atoms with Crippen LogP contribution in [0.1, 0.15) is 30.1 Å². The van der Waals surface area contributed by atoms with Crippen LogP contribution >= 0.6 is 11.8 Å². The van der Waals surface area contributed by atoms with Crippen molar-refractivity contribution in [3.63, 3.8) is 0 Å². The van der Waals surface area contributed by atoms with Crippen molar-refractivity contribution in [2.45, 2.75) is 31.4 Å². The SMILES string of the molecule is CSCCc1ccccc1NC(=O)N[C@H]1CCCO[C@@H]1c1cnn(C)c1. The largest absolute Gasteiger partial charge is 0.371 e. The fourth-order valence-electron chi connectivity index (χ4n) is 3.24. The van der Waals surface area contributed by atoms with Crippen LogP contribution < -0.4 is 10.6 Å². The molecule has 0 aliphatic carbocycles. The maximum absolute atomic E-state index is 12.6. The highest BCUT2D eigenvalue weighted by Crippen LogP contribution is 2.28. The number of carbonyl (C=O) groups excluding carboxylic acids is 1. The number of ether oxygens (including phenoxy) is 1. The molecule has 1 aliphatic rings. The molecular formula is C19H26N4O2S. The molecule has 0 unspecified atom stereocenters. The van der Waals surface area contributed by atoms with Gasteiger partial charge in [-0.1, -0.05) is 18.2 Å². The van der Waals surface area contributed by atoms with E-state index in [9.17, 15) is 4.79 Å². The smallest absolute Gasteiger partial charge is 0.319 e. The summed E-state index contributed by atoms with van der Waals surface area (Å²) in [6.07, 6.45) is 8.44. The average molecular weight is 375 g/mol. The van der Waals surface area contributed by atoms with E-state index in [-0.39, 0.29) is 18.2 Å². The molecule has 6 nitrogen and oxygen atoms in total. The third kappa shape index (κ3) is 4.80. The highest BCUT2D eigenvalue weighted by Gasteiger charge is 2.29. The first kappa shape index (κ1) is 18.8. The van der Waals surface area contributed by atoms with Gasteiger partial charge in [0.05, 0.1) is 12.2 Å². The monoisotopic (exact) mass is 374 g/mol. The Balaban J connectivity index is 1.65. The summed E-state index contributed by atoms with van der Waals surface area (Å²) in [6, 6.07) is 7.71. The Morgan fingerprint density at radius 3 is 3.04 bits per heavy atom. The molecule has 3 rings (SSSR count). The van der Waals surface area contributed by atoms with Crippen LogP contribution in [0.15, 0.2) is 36.7 Å². The molecule has 2 N–H and O–H groups in total. The number of nitrogens with zero attached hydrogens (tertiary/aromatic N) is 2. The first-order valence-electron chi connectivity index (χ1n) is 8.92. The molecule has 2 heterocycles. The van der Waals surface area contributed by atoms with Gasteiger partial charge in [0.2, 0.25) is 0 Å². The molecular weight excluding hydrogens is 348 g/mol. The van der Waals surface area contributed by atoms with Crippen LogP contribution in [0.4, 0.5) is 10.5 Å². The van der Waals surface area contributed by atoms with Crippen molar-refractivity contribution in [3.8, 4) is 0 Å². The van der Waals surface area contributed by atoms with Crippen LogP contribution in [0.25, 0.3) is 0 Å². The molecule has 140 valence electrons. The Morgan fingerprint density at radius 1 is 1.42 bits per heavy atom. The lowest BCUT2D eigenvalue weighted by Gasteiger charge is -2.31. The van der Waals surface area contributed by atoms with Gasteiger partial charge in [-0.2, -0.15) is 16.9 Å². The number of hydrogen-bond acceptors (Lipinski definition) is 4. The Bertz CT molecular complexity index is 734. The summed E-state index contributed by atoms with van der Waals surface area (Å²) in [5.41, 5.74) is 3.02. The molecule has 7 heteroatoms. The summed E-state index contributed by atoms with van der Waals surface area (Å²) in [4.78, 5) is 12.6. The lowest BCUT2D eigenvalue weighted by atomic mass is 9.98. The summed E-state index contributed by atoms with van der Waals surface area (Å²) < 4.78 is 7.68. The van der Waals surface area contributed by atoms with Gasteiger partial charge in [0.25, 0.3) is 0 Å². The summed E-state index contributed by atoms with van der Waals surface area (Å²) in [5, 5.41) is 10.3. The summed E-state index contributed by atoms with van der Waals surface area (Å²) >= 11 is 1.80. The predicted octanol–water partition coefficient (Wildman–Crippen LogP) is 3.37. The quantitative estimate of drug-likeness (QED) is 0.813. The van der Waals surface area contributed by atoms with Crippen molar-refractivity contribution >= 4 is 23.5 Å². The van der Waals surface area contributed by atoms with E-state index in [0.717, 1.165) is 41.8 Å². The second-order valence-corrected chi connectivity index (χ2v) is 7.47. The van der Waals surface area contributed by atoms with Crippen molar-refractivity contribution in [1.82, 2.24) is 15.1 Å². The van der Waals surface area contributed by atoms with Gasteiger partial charge in [-0.3, -0.25) is 4.68 Å². The topological polar surface area (TPSA) is 68.2 Å². The molecule has 2 atom stereocenters. The van der Waals surface area contributed by atoms with Crippen LogP contribution in [0.2, 0.25) is 0 Å². The molecule has 0 spiro atoms. The zero-order valence-electron chi connectivity index (χ0n) is 15.3. The van der Waals surface area contributed by atoms with Gasteiger partial charge in [0, 0.05) is 31.1 Å². The van der Waals surface area contributed by atoms with Crippen LogP contribution in [-0.4, -0.2) is 40.5 Å². The van der Waals surface area contributed by atoms with Crippen molar-refractivity contribution in [1.29, 1.82) is 0 Å². The van der Waals surface area contributed by atoms with Crippen molar-refractivity contribution in [2.24, 2.45) is 7.05 Å². The number of thioether (sulfide) groups is 1. The molecule has 1 aromatic heterocycles. The third-order valence-corrected chi connectivity index (χ3v) is 5.15. The normalized spacial score (nSPS) is 19.9. The summed E-state index contributed by atoms with van der Waals surface area (Å²) in [6.45, 7) is 0.705. The van der Waals surface area contributed by atoms with Gasteiger partial charge < -0.3 is 15.4 Å². The van der Waals surface area contributed by atoms with Crippen LogP contribution in [0.3, 0.4) is 0 Å². The number of nitrogens with one attached hydrogen (secondary N) is 2. The van der Waals surface area contributed by atoms with E-state index < -0.39 is 0 Å². The lowest BCUT2D eigenvalue weighted by molar-refractivity contribution is -0.00700. The van der Waals surface area contributed by atoms with Gasteiger partial charge in [-0.15, -0.1) is 0 Å². The summed E-state index contributed by atoms with van der Waals surface area (Å²) in [7, 11) is 1.88. The number of benzene rings is 1. The van der Waals surface area contributed by atoms with Crippen LogP contribution in [0.5, 0.6) is 0 Å². The lowest BCUT2D eigenvalue weighted by Crippen LogP contribution is -2.44. The molecule has 1 saturated heterocycles. The van der Waals surface area contributed by atoms with Crippen molar-refractivity contribution in [2.75, 3.05) is 23.9 Å². The Morgan fingerprint density at radius 2 is 2.27 bits per heavy atom. The van der Waals surface area contributed by atoms with Gasteiger partial charge in [0.15, 0.2) is 0 Å². The second kappa shape index (κ2) is 9.09. The Kier molecular flexibility index (Phi) is 6.57. The van der Waals surface area contributed by atoms with Crippen molar-refractivity contribution < 1.29 is 9.53 Å². The zero-order chi connectivity index (χ0) is 18.4. The third-order valence-electron chi connectivity index (χ3n) is 4.53. The minimum absolute atomic E-state index is 0.0636. The minimum Gasteiger partial charge on any atom is -0.371 e. The van der Waals surface area contributed by atoms with E-state index >= 15 is 0 Å². The van der Waals surface area contributed by atoms with E-state index in [1.807, 2.05) is 31.4 Å². The minimum atomic E-state index is -0.189. The number of aromatic nitrogens is 2. The molecule has 1 aromatic carbocycles. The fourth-order valence-corrected chi connectivity index (χ4v) is 3.67. The molecule has 2 aromatic rings. The zero-order valence-corrected chi connectivity index (χ0v) is 16.1. The van der Waals surface area contributed by atoms with Gasteiger partial charge in [0.1, 0.15) is 6.10 Å². The first-order valence-corrected chi connectivity index (χ1v) is 10.3. The highest BCUT2D eigenvalue weighted by atomic mass is 32.2. The van der Waals surface area contributed by atoms with E-state index in [1.54, 1.807) is 22.6 Å². The van der Waals surface area contributed by atoms with Crippen molar-refractivity contribution in [3.05, 3.63) is 47.8 Å². The number of rotatable bonds is 6. The maximum Gasteiger partial charge on any atom is 0.319 e. The number of aryl methyl sites for hydroxylation is 2. The van der Waals surface area contributed by atoms with E-state index in [0.29, 0.717) is 6.61 Å². The van der Waals surface area contributed by atoms with Crippen LogP contribution in [0, 0.1) is 0 Å². The van der Waals surface area contributed by atoms with E-state index in [2.05, 4.69) is 28.1 Å².